The third kappa shape index (κ3) is 8.12. The average molecular weight is 481 g/mol. The molecule has 7 heteroatoms. The van der Waals surface area contributed by atoms with Gasteiger partial charge in [-0.05, 0) is 48.4 Å². The van der Waals surface area contributed by atoms with Crippen LogP contribution in [0.5, 0.6) is 0 Å². The number of aliphatic carboxylic acids is 1. The Bertz CT molecular complexity index is 961. The van der Waals surface area contributed by atoms with Crippen LogP contribution in [0.4, 0.5) is 4.79 Å². The normalized spacial score (nSPS) is 12.9. The number of fused-ring (bicyclic) bond motifs is 3. The molecule has 188 valence electrons. The zero-order valence-corrected chi connectivity index (χ0v) is 20.4. The van der Waals surface area contributed by atoms with E-state index in [9.17, 15) is 14.4 Å². The smallest absolute Gasteiger partial charge is 0.407 e. The molecule has 1 aliphatic rings. The first-order chi connectivity index (χ1) is 17.0. The lowest BCUT2D eigenvalue weighted by molar-refractivity contribution is -0.137. The van der Waals surface area contributed by atoms with E-state index in [1.54, 1.807) is 0 Å². The Morgan fingerprint density at radius 1 is 0.886 bits per heavy atom. The number of hydrogen-bond donors (Lipinski definition) is 3. The molecule has 0 aromatic heterocycles. The standard InChI is InChI=1S/C28H36N2O5/c1-20(16-17-27(32)33)30-26(31)15-5-3-2-4-10-18-29-28(34)35-19-25-23-13-8-6-11-21(23)22-12-7-9-14-24(22)25/h6-9,11-14,20,25H,2-5,10,15-19H2,1H3,(H,29,34)(H,30,31)(H,32,33). The monoisotopic (exact) mass is 480 g/mol. The molecule has 1 aliphatic carbocycles. The maximum atomic E-state index is 12.2. The largest absolute Gasteiger partial charge is 0.481 e. The highest BCUT2D eigenvalue weighted by Gasteiger charge is 2.28. The molecule has 0 saturated heterocycles. The maximum Gasteiger partial charge on any atom is 0.407 e. The summed E-state index contributed by atoms with van der Waals surface area (Å²) in [6.07, 6.45) is 5.15. The first kappa shape index (κ1) is 26.3. The van der Waals surface area contributed by atoms with Crippen LogP contribution < -0.4 is 10.6 Å². The molecule has 0 heterocycles. The summed E-state index contributed by atoms with van der Waals surface area (Å²) in [5.74, 6) is -0.815. The number of carbonyl (C=O) groups is 3. The summed E-state index contributed by atoms with van der Waals surface area (Å²) in [5.41, 5.74) is 4.82. The molecule has 7 nitrogen and oxygen atoms in total. The molecule has 2 aromatic carbocycles. The molecule has 0 spiro atoms. The van der Waals surface area contributed by atoms with Crippen molar-refractivity contribution in [2.75, 3.05) is 13.2 Å². The molecule has 0 aliphatic heterocycles. The number of hydrogen-bond acceptors (Lipinski definition) is 4. The molecule has 2 aromatic rings. The van der Waals surface area contributed by atoms with Crippen LogP contribution in [0.25, 0.3) is 11.1 Å². The van der Waals surface area contributed by atoms with Crippen molar-refractivity contribution in [1.29, 1.82) is 0 Å². The van der Waals surface area contributed by atoms with Crippen LogP contribution in [0, 0.1) is 0 Å². The van der Waals surface area contributed by atoms with Crippen molar-refractivity contribution < 1.29 is 24.2 Å². The summed E-state index contributed by atoms with van der Waals surface area (Å²) in [7, 11) is 0. The van der Waals surface area contributed by atoms with Crippen molar-refractivity contribution in [3.05, 3.63) is 59.7 Å². The summed E-state index contributed by atoms with van der Waals surface area (Å²) >= 11 is 0. The Labute approximate surface area is 207 Å². The minimum atomic E-state index is -0.848. The second-order valence-corrected chi connectivity index (χ2v) is 9.17. The number of nitrogens with one attached hydrogen (secondary N) is 2. The van der Waals surface area contributed by atoms with E-state index < -0.39 is 5.97 Å². The Balaban J connectivity index is 1.24. The maximum absolute atomic E-state index is 12.2. The van der Waals surface area contributed by atoms with Crippen LogP contribution in [0.1, 0.15) is 75.3 Å². The van der Waals surface area contributed by atoms with Crippen molar-refractivity contribution in [3.8, 4) is 11.1 Å². The van der Waals surface area contributed by atoms with Crippen LogP contribution in [0.3, 0.4) is 0 Å². The fourth-order valence-electron chi connectivity index (χ4n) is 4.54. The van der Waals surface area contributed by atoms with E-state index in [2.05, 4.69) is 34.9 Å². The molecule has 0 bridgehead atoms. The highest BCUT2D eigenvalue weighted by molar-refractivity contribution is 5.79. The van der Waals surface area contributed by atoms with Gasteiger partial charge in [0.15, 0.2) is 0 Å². The lowest BCUT2D eigenvalue weighted by Crippen LogP contribution is -2.32. The van der Waals surface area contributed by atoms with Crippen molar-refractivity contribution in [3.63, 3.8) is 0 Å². The Kier molecular flexibility index (Phi) is 10.1. The minimum Gasteiger partial charge on any atom is -0.481 e. The van der Waals surface area contributed by atoms with Crippen molar-refractivity contribution in [2.24, 2.45) is 0 Å². The zero-order valence-electron chi connectivity index (χ0n) is 20.4. The quantitative estimate of drug-likeness (QED) is 0.321. The number of rotatable bonds is 14. The lowest BCUT2D eigenvalue weighted by atomic mass is 9.98. The van der Waals surface area contributed by atoms with Gasteiger partial charge in [0.2, 0.25) is 5.91 Å². The Morgan fingerprint density at radius 2 is 1.49 bits per heavy atom. The number of benzene rings is 2. The number of carboxylic acid groups (broad SMARTS) is 1. The molecule has 3 rings (SSSR count). The molecule has 0 radical (unpaired) electrons. The minimum absolute atomic E-state index is 0.0280. The second-order valence-electron chi connectivity index (χ2n) is 9.17. The first-order valence-electron chi connectivity index (χ1n) is 12.6. The predicted molar refractivity (Wildman–Crippen MR) is 135 cm³/mol. The van der Waals surface area contributed by atoms with Crippen LogP contribution >= 0.6 is 0 Å². The molecule has 1 unspecified atom stereocenters. The Hall–Kier alpha value is -3.35. The van der Waals surface area contributed by atoms with Gasteiger partial charge in [0, 0.05) is 31.3 Å². The van der Waals surface area contributed by atoms with E-state index >= 15 is 0 Å². The summed E-state index contributed by atoms with van der Waals surface area (Å²) in [6, 6.07) is 16.4. The van der Waals surface area contributed by atoms with Gasteiger partial charge in [0.1, 0.15) is 6.61 Å². The molecule has 3 N–H and O–H groups in total. The van der Waals surface area contributed by atoms with Crippen molar-refractivity contribution in [1.82, 2.24) is 10.6 Å². The number of carbonyl (C=O) groups excluding carboxylic acids is 2. The van der Waals surface area contributed by atoms with Gasteiger partial charge in [-0.1, -0.05) is 67.8 Å². The number of alkyl carbamates (subject to hydrolysis) is 1. The zero-order chi connectivity index (χ0) is 25.0. The van der Waals surface area contributed by atoms with Gasteiger partial charge < -0.3 is 20.5 Å². The SMILES string of the molecule is CC(CCC(=O)O)NC(=O)CCCCCCCNC(=O)OCC1c2ccccc2-c2ccccc21. The fraction of sp³-hybridized carbons (Fsp3) is 0.464. The summed E-state index contributed by atoms with van der Waals surface area (Å²) in [5, 5.41) is 14.4. The summed E-state index contributed by atoms with van der Waals surface area (Å²) < 4.78 is 5.55. The van der Waals surface area contributed by atoms with Gasteiger partial charge in [0.25, 0.3) is 0 Å². The fourth-order valence-corrected chi connectivity index (χ4v) is 4.54. The van der Waals surface area contributed by atoms with E-state index in [-0.39, 0.29) is 30.4 Å². The molecule has 2 amide bonds. The molecular formula is C28H36N2O5. The Morgan fingerprint density at radius 3 is 2.14 bits per heavy atom. The number of amides is 2. The second kappa shape index (κ2) is 13.5. The van der Waals surface area contributed by atoms with Gasteiger partial charge >= 0.3 is 12.1 Å². The van der Waals surface area contributed by atoms with E-state index in [1.807, 2.05) is 31.2 Å². The molecule has 35 heavy (non-hydrogen) atoms. The van der Waals surface area contributed by atoms with E-state index in [0.717, 1.165) is 32.1 Å². The van der Waals surface area contributed by atoms with E-state index in [1.165, 1.54) is 22.3 Å². The van der Waals surface area contributed by atoms with E-state index in [0.29, 0.717) is 26.0 Å². The lowest BCUT2D eigenvalue weighted by Gasteiger charge is -2.14. The topological polar surface area (TPSA) is 105 Å². The van der Waals surface area contributed by atoms with Crippen molar-refractivity contribution in [2.45, 2.75) is 70.3 Å². The van der Waals surface area contributed by atoms with Crippen LogP contribution in [0.15, 0.2) is 48.5 Å². The van der Waals surface area contributed by atoms with Gasteiger partial charge in [-0.2, -0.15) is 0 Å². The molecular weight excluding hydrogens is 444 g/mol. The van der Waals surface area contributed by atoms with Crippen LogP contribution in [-0.2, 0) is 14.3 Å². The molecule has 0 fully saturated rings. The van der Waals surface area contributed by atoms with E-state index in [4.69, 9.17) is 9.84 Å². The predicted octanol–water partition coefficient (Wildman–Crippen LogP) is 5.24. The van der Waals surface area contributed by atoms with Crippen LogP contribution in [0.2, 0.25) is 0 Å². The van der Waals surface area contributed by atoms with Crippen LogP contribution in [-0.4, -0.2) is 42.3 Å². The molecule has 1 atom stereocenters. The highest BCUT2D eigenvalue weighted by Crippen LogP contribution is 2.44. The average Bonchev–Trinajstić information content (AvgIpc) is 3.16. The highest BCUT2D eigenvalue weighted by atomic mass is 16.5. The van der Waals surface area contributed by atoms with Gasteiger partial charge in [-0.15, -0.1) is 0 Å². The third-order valence-corrected chi connectivity index (χ3v) is 6.39. The number of unbranched alkanes of at least 4 members (excludes halogenated alkanes) is 4. The first-order valence-corrected chi connectivity index (χ1v) is 12.6. The number of carboxylic acids is 1. The summed E-state index contributed by atoms with van der Waals surface area (Å²) in [6.45, 7) is 2.71. The summed E-state index contributed by atoms with van der Waals surface area (Å²) in [4.78, 5) is 34.6. The molecule has 0 saturated carbocycles. The number of ether oxygens (including phenoxy) is 1. The van der Waals surface area contributed by atoms with Gasteiger partial charge in [0.05, 0.1) is 0 Å². The van der Waals surface area contributed by atoms with Crippen molar-refractivity contribution >= 4 is 18.0 Å². The van der Waals surface area contributed by atoms with Gasteiger partial charge in [-0.3, -0.25) is 9.59 Å². The third-order valence-electron chi connectivity index (χ3n) is 6.39. The van der Waals surface area contributed by atoms with Gasteiger partial charge in [-0.25, -0.2) is 4.79 Å².